The third-order valence-corrected chi connectivity index (χ3v) is 11.7. The molecule has 0 N–H and O–H groups in total. The average Bonchev–Trinajstić information content (AvgIpc) is 3.77. The Balaban J connectivity index is 1.15. The fraction of sp³-hybridized carbons (Fsp3) is 0. The second-order valence-corrected chi connectivity index (χ2v) is 14.5. The van der Waals surface area contributed by atoms with Gasteiger partial charge in [-0.05, 0) is 52.6 Å². The van der Waals surface area contributed by atoms with Crippen LogP contribution in [0.4, 0.5) is 0 Å². The molecule has 0 atom stereocenters. The quantitative estimate of drug-likeness (QED) is 0.182. The van der Waals surface area contributed by atoms with Gasteiger partial charge in [-0.15, -0.1) is 22.7 Å². The van der Waals surface area contributed by atoms with Crippen molar-refractivity contribution < 1.29 is 0 Å². The van der Waals surface area contributed by atoms with Crippen LogP contribution in [-0.4, -0.2) is 15.0 Å². The molecule has 0 aliphatic rings. The number of benzene rings is 7. The van der Waals surface area contributed by atoms with E-state index in [0.29, 0.717) is 17.5 Å². The number of hydrogen-bond donors (Lipinski definition) is 0. The van der Waals surface area contributed by atoms with Crippen molar-refractivity contribution in [2.24, 2.45) is 0 Å². The van der Waals surface area contributed by atoms with E-state index < -0.39 is 0 Å². The topological polar surface area (TPSA) is 38.7 Å². The summed E-state index contributed by atoms with van der Waals surface area (Å²) in [6, 6.07) is 57.9. The first kappa shape index (κ1) is 29.0. The molecule has 0 radical (unpaired) electrons. The molecule has 0 aliphatic heterocycles. The van der Waals surface area contributed by atoms with Gasteiger partial charge >= 0.3 is 0 Å². The summed E-state index contributed by atoms with van der Waals surface area (Å²) in [5.74, 6) is 2.01. The summed E-state index contributed by atoms with van der Waals surface area (Å²) >= 11 is 3.60. The Morgan fingerprint density at radius 2 is 0.840 bits per heavy atom. The summed E-state index contributed by atoms with van der Waals surface area (Å²) in [6.45, 7) is 0. The Morgan fingerprint density at radius 3 is 1.64 bits per heavy atom. The number of fused-ring (bicyclic) bond motifs is 6. The zero-order valence-electron chi connectivity index (χ0n) is 26.7. The Labute approximate surface area is 296 Å². The van der Waals surface area contributed by atoms with Gasteiger partial charge in [0.2, 0.25) is 0 Å². The first-order valence-corrected chi connectivity index (χ1v) is 18.2. The van der Waals surface area contributed by atoms with E-state index in [2.05, 4.69) is 164 Å². The zero-order chi connectivity index (χ0) is 33.0. The van der Waals surface area contributed by atoms with Crippen molar-refractivity contribution in [3.8, 4) is 56.4 Å². The number of thiophene rings is 2. The van der Waals surface area contributed by atoms with Crippen LogP contribution >= 0.6 is 22.7 Å². The Morgan fingerprint density at radius 1 is 0.320 bits per heavy atom. The maximum absolute atomic E-state index is 5.25. The van der Waals surface area contributed by atoms with Crippen LogP contribution in [0.3, 0.4) is 0 Å². The predicted molar refractivity (Wildman–Crippen MR) is 213 cm³/mol. The van der Waals surface area contributed by atoms with Crippen LogP contribution in [0.15, 0.2) is 164 Å². The van der Waals surface area contributed by atoms with Gasteiger partial charge in [-0.25, -0.2) is 15.0 Å². The number of rotatable bonds is 5. The molecule has 0 saturated heterocycles. The molecule has 3 heterocycles. The monoisotopic (exact) mass is 673 g/mol. The fourth-order valence-electron chi connectivity index (χ4n) is 6.95. The predicted octanol–water partition coefficient (Wildman–Crippen LogP) is 12.9. The first-order chi connectivity index (χ1) is 24.8. The van der Waals surface area contributed by atoms with Crippen LogP contribution in [0.1, 0.15) is 0 Å². The molecule has 5 heteroatoms. The summed E-state index contributed by atoms with van der Waals surface area (Å²) in [5.41, 5.74) is 7.70. The van der Waals surface area contributed by atoms with Crippen molar-refractivity contribution in [3.05, 3.63) is 164 Å². The minimum atomic E-state index is 0.657. The van der Waals surface area contributed by atoms with Crippen molar-refractivity contribution in [3.63, 3.8) is 0 Å². The maximum atomic E-state index is 5.25. The number of hydrogen-bond acceptors (Lipinski definition) is 5. The molecule has 10 rings (SSSR count). The summed E-state index contributed by atoms with van der Waals surface area (Å²) in [6.07, 6.45) is 0. The van der Waals surface area contributed by atoms with Crippen molar-refractivity contribution in [1.29, 1.82) is 0 Å². The van der Waals surface area contributed by atoms with Gasteiger partial charge in [-0.2, -0.15) is 0 Å². The molecule has 3 nitrogen and oxygen atoms in total. The average molecular weight is 674 g/mol. The molecule has 0 aliphatic carbocycles. The van der Waals surface area contributed by atoms with Crippen molar-refractivity contribution in [1.82, 2.24) is 15.0 Å². The fourth-order valence-corrected chi connectivity index (χ4v) is 9.29. The van der Waals surface area contributed by atoms with Crippen LogP contribution in [0.2, 0.25) is 0 Å². The van der Waals surface area contributed by atoms with E-state index in [1.807, 2.05) is 0 Å². The Bertz CT molecular complexity index is 2870. The molecule has 0 spiro atoms. The molecular weight excluding hydrogens is 647 g/mol. The van der Waals surface area contributed by atoms with Gasteiger partial charge in [0.05, 0.1) is 0 Å². The van der Waals surface area contributed by atoms with E-state index in [0.717, 1.165) is 22.3 Å². The molecule has 3 aromatic heterocycles. The minimum Gasteiger partial charge on any atom is -0.208 e. The molecule has 10 aromatic rings. The summed E-state index contributed by atoms with van der Waals surface area (Å²) < 4.78 is 4.92. The lowest BCUT2D eigenvalue weighted by atomic mass is 9.98. The number of nitrogens with zero attached hydrogens (tertiary/aromatic N) is 3. The smallest absolute Gasteiger partial charge is 0.165 e. The highest BCUT2D eigenvalue weighted by Gasteiger charge is 2.19. The van der Waals surface area contributed by atoms with E-state index in [4.69, 9.17) is 15.0 Å². The third kappa shape index (κ3) is 4.90. The highest BCUT2D eigenvalue weighted by molar-refractivity contribution is 7.26. The van der Waals surface area contributed by atoms with Gasteiger partial charge in [0.15, 0.2) is 17.5 Å². The lowest BCUT2D eigenvalue weighted by molar-refractivity contribution is 1.08. The molecule has 0 bridgehead atoms. The second-order valence-electron chi connectivity index (χ2n) is 12.4. The van der Waals surface area contributed by atoms with Gasteiger partial charge in [-0.3, -0.25) is 0 Å². The largest absolute Gasteiger partial charge is 0.208 e. The van der Waals surface area contributed by atoms with Crippen molar-refractivity contribution in [2.45, 2.75) is 0 Å². The Kier molecular flexibility index (Phi) is 6.86. The SMILES string of the molecule is c1ccc(-c2cccc(-c3ccc(-c4nc(-c5cccc6c5sc5ccccc56)nc(-c5cccc6sc7ccccc7c56)n4)cc3)c2)cc1. The molecule has 234 valence electrons. The second kappa shape index (κ2) is 11.8. The summed E-state index contributed by atoms with van der Waals surface area (Å²) in [7, 11) is 0. The molecular formula is C45H27N3S2. The van der Waals surface area contributed by atoms with Gasteiger partial charge in [0.1, 0.15) is 0 Å². The highest BCUT2D eigenvalue weighted by atomic mass is 32.1. The lowest BCUT2D eigenvalue weighted by Gasteiger charge is -2.11. The van der Waals surface area contributed by atoms with Gasteiger partial charge < -0.3 is 0 Å². The number of aromatic nitrogens is 3. The molecule has 7 aromatic carbocycles. The van der Waals surface area contributed by atoms with E-state index in [1.165, 1.54) is 57.0 Å². The summed E-state index contributed by atoms with van der Waals surface area (Å²) in [5, 5.41) is 4.88. The van der Waals surface area contributed by atoms with E-state index in [1.54, 1.807) is 22.7 Å². The Hall–Kier alpha value is -6.01. The third-order valence-electron chi connectivity index (χ3n) is 9.37. The van der Waals surface area contributed by atoms with Crippen LogP contribution in [0.25, 0.3) is 96.8 Å². The first-order valence-electron chi connectivity index (χ1n) is 16.6. The van der Waals surface area contributed by atoms with Crippen molar-refractivity contribution >= 4 is 63.0 Å². The van der Waals surface area contributed by atoms with Crippen LogP contribution in [-0.2, 0) is 0 Å². The van der Waals surface area contributed by atoms with Gasteiger partial charge in [-0.1, -0.05) is 133 Å². The molecule has 0 fully saturated rings. The maximum Gasteiger partial charge on any atom is 0.165 e. The van der Waals surface area contributed by atoms with Crippen LogP contribution in [0, 0.1) is 0 Å². The standard InChI is InChI=1S/C45H27N3S2/c1-2-11-28(12-3-1)31-13-8-14-32(27-31)29-23-25-30(26-24-29)43-46-44(36-18-10-22-40-41(36)35-16-5-7-21-39(35)49-40)48-45(47-43)37-19-9-17-34-33-15-4-6-20-38(33)50-42(34)37/h1-27H. The minimum absolute atomic E-state index is 0.657. The van der Waals surface area contributed by atoms with Crippen molar-refractivity contribution in [2.75, 3.05) is 0 Å². The van der Waals surface area contributed by atoms with Gasteiger partial charge in [0, 0.05) is 57.0 Å². The molecule has 0 unspecified atom stereocenters. The normalized spacial score (nSPS) is 11.6. The van der Waals surface area contributed by atoms with Crippen LogP contribution in [0.5, 0.6) is 0 Å². The molecule has 0 saturated carbocycles. The van der Waals surface area contributed by atoms with E-state index in [-0.39, 0.29) is 0 Å². The highest BCUT2D eigenvalue weighted by Crippen LogP contribution is 2.42. The lowest BCUT2D eigenvalue weighted by Crippen LogP contribution is -2.00. The van der Waals surface area contributed by atoms with E-state index >= 15 is 0 Å². The molecule has 0 amide bonds. The van der Waals surface area contributed by atoms with Gasteiger partial charge in [0.25, 0.3) is 0 Å². The molecule has 50 heavy (non-hydrogen) atoms. The summed E-state index contributed by atoms with van der Waals surface area (Å²) in [4.78, 5) is 15.6. The zero-order valence-corrected chi connectivity index (χ0v) is 28.4. The van der Waals surface area contributed by atoms with E-state index in [9.17, 15) is 0 Å². The van der Waals surface area contributed by atoms with Crippen LogP contribution < -0.4 is 0 Å².